The van der Waals surface area contributed by atoms with Crippen LogP contribution in [-0.2, 0) is 0 Å². The van der Waals surface area contributed by atoms with Crippen LogP contribution in [0.15, 0.2) is 53.1 Å². The molecule has 2 aromatic heterocycles. The van der Waals surface area contributed by atoms with Crippen LogP contribution in [0, 0.1) is 6.92 Å². The predicted molar refractivity (Wildman–Crippen MR) is 94.5 cm³/mol. The molecule has 3 aromatic rings. The van der Waals surface area contributed by atoms with E-state index in [1.54, 1.807) is 15.8 Å². The van der Waals surface area contributed by atoms with Crippen LogP contribution in [0.3, 0.4) is 0 Å². The van der Waals surface area contributed by atoms with E-state index in [9.17, 15) is 4.79 Å². The molecule has 1 aromatic carbocycles. The van der Waals surface area contributed by atoms with Gasteiger partial charge in [0.05, 0.1) is 11.3 Å². The third kappa shape index (κ3) is 2.96. The molecule has 4 rings (SSSR count). The first kappa shape index (κ1) is 15.7. The van der Waals surface area contributed by atoms with Crippen molar-refractivity contribution in [1.29, 1.82) is 0 Å². The highest BCUT2D eigenvalue weighted by Gasteiger charge is 2.29. The summed E-state index contributed by atoms with van der Waals surface area (Å²) in [4.78, 5) is 14.8. The van der Waals surface area contributed by atoms with E-state index in [1.807, 2.05) is 49.4 Å². The fourth-order valence-electron chi connectivity index (χ4n) is 3.13. The first-order valence-electron chi connectivity index (χ1n) is 8.38. The van der Waals surface area contributed by atoms with Crippen LogP contribution in [-0.4, -0.2) is 39.7 Å². The van der Waals surface area contributed by atoms with Gasteiger partial charge in [-0.3, -0.25) is 4.79 Å². The van der Waals surface area contributed by atoms with Crippen LogP contribution in [0.1, 0.15) is 22.5 Å². The lowest BCUT2D eigenvalue weighted by Crippen LogP contribution is -2.32. The second-order valence-electron chi connectivity index (χ2n) is 6.38. The van der Waals surface area contributed by atoms with Crippen molar-refractivity contribution >= 4 is 5.91 Å². The first-order chi connectivity index (χ1) is 12.1. The van der Waals surface area contributed by atoms with Crippen molar-refractivity contribution in [3.8, 4) is 17.1 Å². The molecule has 0 unspecified atom stereocenters. The third-order valence-electron chi connectivity index (χ3n) is 4.45. The van der Waals surface area contributed by atoms with E-state index in [2.05, 4.69) is 5.10 Å². The summed E-state index contributed by atoms with van der Waals surface area (Å²) in [6.45, 7) is 3.12. The summed E-state index contributed by atoms with van der Waals surface area (Å²) >= 11 is 0. The third-order valence-corrected chi connectivity index (χ3v) is 4.45. The van der Waals surface area contributed by atoms with E-state index in [0.29, 0.717) is 30.1 Å². The predicted octanol–water partition coefficient (Wildman–Crippen LogP) is 2.61. The summed E-state index contributed by atoms with van der Waals surface area (Å²) in [5.74, 6) is 1.32. The molecule has 0 aliphatic carbocycles. The van der Waals surface area contributed by atoms with Gasteiger partial charge in [-0.15, -0.1) is 0 Å². The van der Waals surface area contributed by atoms with E-state index in [0.717, 1.165) is 17.9 Å². The SMILES string of the molecule is Cc1ccc(-c2nn(-c3ccccc3)cc2C(=O)N2CC[C@H](N)C2)o1. The molecular formula is C19H20N4O2. The van der Waals surface area contributed by atoms with Crippen molar-refractivity contribution in [2.45, 2.75) is 19.4 Å². The number of para-hydroxylation sites is 1. The van der Waals surface area contributed by atoms with E-state index in [-0.39, 0.29) is 11.9 Å². The molecule has 0 saturated carbocycles. The van der Waals surface area contributed by atoms with Crippen molar-refractivity contribution in [2.24, 2.45) is 5.73 Å². The number of likely N-dealkylation sites (tertiary alicyclic amines) is 1. The lowest BCUT2D eigenvalue weighted by Gasteiger charge is -2.15. The van der Waals surface area contributed by atoms with Crippen LogP contribution >= 0.6 is 0 Å². The Morgan fingerprint density at radius 3 is 2.68 bits per heavy atom. The molecule has 1 fully saturated rings. The zero-order chi connectivity index (χ0) is 17.4. The molecule has 128 valence electrons. The second-order valence-corrected chi connectivity index (χ2v) is 6.38. The summed E-state index contributed by atoms with van der Waals surface area (Å²) in [7, 11) is 0. The molecule has 3 heterocycles. The van der Waals surface area contributed by atoms with E-state index >= 15 is 0 Å². The van der Waals surface area contributed by atoms with Gasteiger partial charge < -0.3 is 15.1 Å². The van der Waals surface area contributed by atoms with Crippen LogP contribution in [0.5, 0.6) is 0 Å². The van der Waals surface area contributed by atoms with Gasteiger partial charge in [0.15, 0.2) is 5.76 Å². The summed E-state index contributed by atoms with van der Waals surface area (Å²) in [5, 5.41) is 4.62. The molecule has 2 N–H and O–H groups in total. The van der Waals surface area contributed by atoms with Crippen molar-refractivity contribution in [3.63, 3.8) is 0 Å². The number of aromatic nitrogens is 2. The number of aryl methyl sites for hydroxylation is 1. The lowest BCUT2D eigenvalue weighted by molar-refractivity contribution is 0.0791. The zero-order valence-electron chi connectivity index (χ0n) is 14.1. The monoisotopic (exact) mass is 336 g/mol. The molecule has 0 radical (unpaired) electrons. The molecule has 25 heavy (non-hydrogen) atoms. The van der Waals surface area contributed by atoms with Gasteiger partial charge in [0.2, 0.25) is 0 Å². The minimum absolute atomic E-state index is 0.0439. The van der Waals surface area contributed by atoms with Gasteiger partial charge >= 0.3 is 0 Å². The molecule has 1 aliphatic rings. The highest BCUT2D eigenvalue weighted by atomic mass is 16.3. The van der Waals surface area contributed by atoms with E-state index in [4.69, 9.17) is 10.2 Å². The topological polar surface area (TPSA) is 77.3 Å². The minimum Gasteiger partial charge on any atom is -0.460 e. The highest BCUT2D eigenvalue weighted by Crippen LogP contribution is 2.27. The van der Waals surface area contributed by atoms with Crippen LogP contribution in [0.2, 0.25) is 0 Å². The molecule has 0 bridgehead atoms. The maximum Gasteiger partial charge on any atom is 0.257 e. The molecule has 6 nitrogen and oxygen atoms in total. The number of furan rings is 1. The fraction of sp³-hybridized carbons (Fsp3) is 0.263. The number of hydrogen-bond donors (Lipinski definition) is 1. The highest BCUT2D eigenvalue weighted by molar-refractivity contribution is 5.99. The van der Waals surface area contributed by atoms with Gasteiger partial charge in [-0.2, -0.15) is 5.10 Å². The van der Waals surface area contributed by atoms with Gasteiger partial charge in [0, 0.05) is 25.3 Å². The van der Waals surface area contributed by atoms with Gasteiger partial charge in [0.1, 0.15) is 11.5 Å². The quantitative estimate of drug-likeness (QED) is 0.797. The molecule has 1 amide bonds. The number of hydrogen-bond acceptors (Lipinski definition) is 4. The summed E-state index contributed by atoms with van der Waals surface area (Å²) in [6.07, 6.45) is 2.60. The maximum atomic E-state index is 13.0. The Morgan fingerprint density at radius 2 is 2.04 bits per heavy atom. The second kappa shape index (κ2) is 6.22. The number of benzene rings is 1. The Morgan fingerprint density at radius 1 is 1.24 bits per heavy atom. The summed E-state index contributed by atoms with van der Waals surface area (Å²) in [5.41, 5.74) is 7.94. The Hall–Kier alpha value is -2.86. The molecular weight excluding hydrogens is 316 g/mol. The maximum absolute atomic E-state index is 13.0. The van der Waals surface area contributed by atoms with Crippen LogP contribution in [0.25, 0.3) is 17.1 Å². The Balaban J connectivity index is 1.78. The standard InChI is InChI=1S/C19H20N4O2/c1-13-7-8-17(25-13)18-16(19(24)22-10-9-14(20)11-22)12-23(21-18)15-5-3-2-4-6-15/h2-8,12,14H,9-11,20H2,1H3/t14-/m0/s1. The number of nitrogens with two attached hydrogens (primary N) is 1. The molecule has 6 heteroatoms. The summed E-state index contributed by atoms with van der Waals surface area (Å²) in [6, 6.07) is 13.5. The Kier molecular flexibility index (Phi) is 3.89. The Labute approximate surface area is 145 Å². The number of rotatable bonds is 3. The molecule has 1 atom stereocenters. The Bertz CT molecular complexity index is 897. The number of amides is 1. The number of carbonyl (C=O) groups is 1. The first-order valence-corrected chi connectivity index (χ1v) is 8.38. The van der Waals surface area contributed by atoms with Crippen LogP contribution < -0.4 is 5.73 Å². The van der Waals surface area contributed by atoms with Crippen LogP contribution in [0.4, 0.5) is 0 Å². The fourth-order valence-corrected chi connectivity index (χ4v) is 3.13. The molecule has 1 aliphatic heterocycles. The van der Waals surface area contributed by atoms with Gasteiger partial charge in [0.25, 0.3) is 5.91 Å². The van der Waals surface area contributed by atoms with Crippen molar-refractivity contribution in [3.05, 3.63) is 60.0 Å². The average Bonchev–Trinajstić information content (AvgIpc) is 3.34. The smallest absolute Gasteiger partial charge is 0.257 e. The van der Waals surface area contributed by atoms with Gasteiger partial charge in [-0.1, -0.05) is 18.2 Å². The number of nitrogens with zero attached hydrogens (tertiary/aromatic N) is 3. The number of carbonyl (C=O) groups excluding carboxylic acids is 1. The van der Waals surface area contributed by atoms with Crippen molar-refractivity contribution in [2.75, 3.05) is 13.1 Å². The normalized spacial score (nSPS) is 17.2. The van der Waals surface area contributed by atoms with Crippen molar-refractivity contribution in [1.82, 2.24) is 14.7 Å². The van der Waals surface area contributed by atoms with E-state index in [1.165, 1.54) is 0 Å². The van der Waals surface area contributed by atoms with Gasteiger partial charge in [-0.25, -0.2) is 4.68 Å². The lowest BCUT2D eigenvalue weighted by atomic mass is 10.2. The average molecular weight is 336 g/mol. The molecule has 1 saturated heterocycles. The minimum atomic E-state index is -0.0563. The summed E-state index contributed by atoms with van der Waals surface area (Å²) < 4.78 is 7.44. The van der Waals surface area contributed by atoms with Crippen molar-refractivity contribution < 1.29 is 9.21 Å². The van der Waals surface area contributed by atoms with E-state index < -0.39 is 0 Å². The largest absolute Gasteiger partial charge is 0.460 e. The zero-order valence-corrected chi connectivity index (χ0v) is 14.1. The van der Waals surface area contributed by atoms with Gasteiger partial charge in [-0.05, 0) is 37.6 Å². The molecule has 0 spiro atoms.